The van der Waals surface area contributed by atoms with E-state index >= 15 is 0 Å². The van der Waals surface area contributed by atoms with Crippen molar-refractivity contribution >= 4 is 34.5 Å². The Morgan fingerprint density at radius 2 is 1.94 bits per heavy atom. The van der Waals surface area contributed by atoms with Crippen LogP contribution in [-0.4, -0.2) is 13.0 Å². The first-order valence-corrected chi connectivity index (χ1v) is 5.27. The molecule has 0 unspecified atom stereocenters. The molecule has 0 radical (unpaired) electrons. The van der Waals surface area contributed by atoms with E-state index in [2.05, 4.69) is 8.85 Å². The van der Waals surface area contributed by atoms with Gasteiger partial charge < -0.3 is 8.85 Å². The molecular weight excluding hydrogens is 336 g/mol. The highest BCUT2D eigenvalue weighted by Gasteiger charge is 2.31. The summed E-state index contributed by atoms with van der Waals surface area (Å²) in [5, 5.41) is 2.27. The van der Waals surface area contributed by atoms with Gasteiger partial charge in [0.05, 0.1) is 28.4 Å². The number of nitrogens with one attached hydrogen (secondary N) is 2. The molecule has 1 amide bonds. The fourth-order valence-electron chi connectivity index (χ4n) is 1.12. The first-order valence-electron chi connectivity index (χ1n) is 4.19. The van der Waals surface area contributed by atoms with Crippen molar-refractivity contribution in [2.24, 2.45) is 0 Å². The molecule has 0 bridgehead atoms. The van der Waals surface area contributed by atoms with E-state index in [0.29, 0.717) is 0 Å². The summed E-state index contributed by atoms with van der Waals surface area (Å²) in [7, 11) is 1.36. The van der Waals surface area contributed by atoms with Crippen LogP contribution in [0.4, 0.5) is 18.9 Å². The Morgan fingerprint density at radius 3 is 2.38 bits per heavy atom. The molecule has 1 aromatic carbocycles. The Hall–Kier alpha value is -0.990. The zero-order valence-electron chi connectivity index (χ0n) is 8.15. The molecule has 0 aliphatic rings. The second-order valence-corrected chi connectivity index (χ2v) is 3.51. The van der Waals surface area contributed by atoms with Gasteiger partial charge in [-0.2, -0.15) is 13.2 Å². The predicted molar refractivity (Wildman–Crippen MR) is 62.5 cm³/mol. The SMILES string of the molecule is CNC(=O)c1cc(NI)cc(C(F)(F)F)c1. The minimum absolute atomic E-state index is 0.0310. The number of halogens is 4. The van der Waals surface area contributed by atoms with E-state index in [9.17, 15) is 18.0 Å². The smallest absolute Gasteiger partial charge is 0.355 e. The lowest BCUT2D eigenvalue weighted by molar-refractivity contribution is -0.137. The van der Waals surface area contributed by atoms with E-state index < -0.39 is 17.6 Å². The van der Waals surface area contributed by atoms with Gasteiger partial charge in [0.1, 0.15) is 0 Å². The van der Waals surface area contributed by atoms with Gasteiger partial charge in [-0.25, -0.2) is 0 Å². The van der Waals surface area contributed by atoms with Crippen LogP contribution in [0.5, 0.6) is 0 Å². The molecule has 1 aromatic rings. The second-order valence-electron chi connectivity index (χ2n) is 2.97. The highest BCUT2D eigenvalue weighted by atomic mass is 127. The first kappa shape index (κ1) is 13.1. The van der Waals surface area contributed by atoms with Gasteiger partial charge in [0, 0.05) is 18.3 Å². The largest absolute Gasteiger partial charge is 0.416 e. The number of hydrogen-bond donors (Lipinski definition) is 2. The van der Waals surface area contributed by atoms with Gasteiger partial charge in [-0.15, -0.1) is 0 Å². The van der Waals surface area contributed by atoms with Gasteiger partial charge in [0.25, 0.3) is 5.91 Å². The maximum absolute atomic E-state index is 12.5. The maximum Gasteiger partial charge on any atom is 0.416 e. The molecule has 0 saturated carbocycles. The van der Waals surface area contributed by atoms with Crippen molar-refractivity contribution in [2.75, 3.05) is 10.6 Å². The van der Waals surface area contributed by atoms with Crippen LogP contribution in [0.25, 0.3) is 0 Å². The highest BCUT2D eigenvalue weighted by molar-refractivity contribution is 14.1. The monoisotopic (exact) mass is 344 g/mol. The summed E-state index contributed by atoms with van der Waals surface area (Å²) >= 11 is 1.70. The molecule has 0 saturated heterocycles. The van der Waals surface area contributed by atoms with Gasteiger partial charge in [-0.1, -0.05) is 0 Å². The zero-order chi connectivity index (χ0) is 12.3. The summed E-state index contributed by atoms with van der Waals surface area (Å²) in [6.45, 7) is 0. The van der Waals surface area contributed by atoms with Gasteiger partial charge in [0.15, 0.2) is 0 Å². The number of rotatable bonds is 2. The van der Waals surface area contributed by atoms with E-state index in [4.69, 9.17) is 0 Å². The van der Waals surface area contributed by atoms with E-state index in [1.807, 2.05) is 0 Å². The minimum Gasteiger partial charge on any atom is -0.355 e. The van der Waals surface area contributed by atoms with Gasteiger partial charge in [-0.3, -0.25) is 4.79 Å². The van der Waals surface area contributed by atoms with E-state index in [1.165, 1.54) is 13.1 Å². The summed E-state index contributed by atoms with van der Waals surface area (Å²) < 4.78 is 40.0. The molecule has 3 nitrogen and oxygen atoms in total. The lowest BCUT2D eigenvalue weighted by Crippen LogP contribution is -2.19. The minimum atomic E-state index is -4.47. The number of benzene rings is 1. The normalized spacial score (nSPS) is 11.1. The third-order valence-electron chi connectivity index (χ3n) is 1.86. The standard InChI is InChI=1S/C9H8F3IN2O/c1-14-8(16)5-2-6(9(10,11)12)4-7(3-5)15-13/h2-4,15H,1H3,(H,14,16). The average molecular weight is 344 g/mol. The quantitative estimate of drug-likeness (QED) is 0.640. The molecule has 0 spiro atoms. The number of alkyl halides is 3. The van der Waals surface area contributed by atoms with Crippen LogP contribution in [0.15, 0.2) is 18.2 Å². The van der Waals surface area contributed by atoms with Crippen LogP contribution in [0.3, 0.4) is 0 Å². The van der Waals surface area contributed by atoms with Crippen molar-refractivity contribution in [3.8, 4) is 0 Å². The fourth-order valence-corrected chi connectivity index (χ4v) is 1.43. The van der Waals surface area contributed by atoms with Gasteiger partial charge in [-0.05, 0) is 18.2 Å². The van der Waals surface area contributed by atoms with Crippen LogP contribution in [0.2, 0.25) is 0 Å². The molecule has 7 heteroatoms. The number of hydrogen-bond acceptors (Lipinski definition) is 2. The topological polar surface area (TPSA) is 41.1 Å². The molecule has 88 valence electrons. The third kappa shape index (κ3) is 3.00. The molecular formula is C9H8F3IN2O. The van der Waals surface area contributed by atoms with E-state index in [-0.39, 0.29) is 11.3 Å². The Labute approximate surface area is 104 Å². The maximum atomic E-state index is 12.5. The molecule has 2 N–H and O–H groups in total. The van der Waals surface area contributed by atoms with Crippen molar-refractivity contribution in [3.63, 3.8) is 0 Å². The Bertz CT molecular complexity index is 406. The molecule has 0 aromatic heterocycles. The van der Waals surface area contributed by atoms with Crippen molar-refractivity contribution in [1.29, 1.82) is 0 Å². The Balaban J connectivity index is 3.27. The van der Waals surface area contributed by atoms with Crippen molar-refractivity contribution in [1.82, 2.24) is 5.32 Å². The molecule has 0 fully saturated rings. The average Bonchev–Trinajstić information content (AvgIpc) is 2.26. The summed E-state index contributed by atoms with van der Waals surface area (Å²) in [6, 6.07) is 3.11. The molecule has 1 rings (SSSR count). The molecule has 0 atom stereocenters. The Kier molecular flexibility index (Phi) is 4.00. The van der Waals surface area contributed by atoms with Gasteiger partial charge in [0.2, 0.25) is 0 Å². The fraction of sp³-hybridized carbons (Fsp3) is 0.222. The molecule has 0 aliphatic carbocycles. The second kappa shape index (κ2) is 4.89. The van der Waals surface area contributed by atoms with Gasteiger partial charge >= 0.3 is 6.18 Å². The van der Waals surface area contributed by atoms with Crippen LogP contribution in [0.1, 0.15) is 15.9 Å². The number of amides is 1. The summed E-state index contributed by atoms with van der Waals surface area (Å²) in [5.41, 5.74) is -0.654. The summed E-state index contributed by atoms with van der Waals surface area (Å²) in [6.07, 6.45) is -4.47. The first-order chi connectivity index (χ1) is 7.38. The lowest BCUT2D eigenvalue weighted by atomic mass is 10.1. The molecule has 16 heavy (non-hydrogen) atoms. The molecule has 0 heterocycles. The summed E-state index contributed by atoms with van der Waals surface area (Å²) in [4.78, 5) is 11.3. The van der Waals surface area contributed by atoms with Crippen molar-refractivity contribution in [2.45, 2.75) is 6.18 Å². The third-order valence-corrected chi connectivity index (χ3v) is 2.48. The van der Waals surface area contributed by atoms with Crippen LogP contribution in [-0.2, 0) is 6.18 Å². The Morgan fingerprint density at radius 1 is 1.31 bits per heavy atom. The van der Waals surface area contributed by atoms with E-state index in [0.717, 1.165) is 12.1 Å². The molecule has 0 aliphatic heterocycles. The zero-order valence-corrected chi connectivity index (χ0v) is 10.3. The number of anilines is 1. The van der Waals surface area contributed by atoms with Crippen molar-refractivity contribution < 1.29 is 18.0 Å². The predicted octanol–water partition coefficient (Wildman–Crippen LogP) is 2.83. The van der Waals surface area contributed by atoms with Crippen LogP contribution in [0, 0.1) is 0 Å². The lowest BCUT2D eigenvalue weighted by Gasteiger charge is -2.10. The number of carbonyl (C=O) groups excluding carboxylic acids is 1. The summed E-state index contributed by atoms with van der Waals surface area (Å²) in [5.74, 6) is -0.556. The van der Waals surface area contributed by atoms with Crippen molar-refractivity contribution in [3.05, 3.63) is 29.3 Å². The van der Waals surface area contributed by atoms with E-state index in [1.54, 1.807) is 22.9 Å². The number of carbonyl (C=O) groups is 1. The van der Waals surface area contributed by atoms with Crippen LogP contribution >= 0.6 is 22.9 Å². The van der Waals surface area contributed by atoms with Crippen LogP contribution < -0.4 is 8.85 Å². The highest BCUT2D eigenvalue weighted by Crippen LogP contribution is 2.32.